The van der Waals surface area contributed by atoms with Gasteiger partial charge in [0.05, 0.1) is 0 Å². The van der Waals surface area contributed by atoms with Gasteiger partial charge in [0, 0.05) is 0 Å². The van der Waals surface area contributed by atoms with Crippen LogP contribution in [0.5, 0.6) is 0 Å². The van der Waals surface area contributed by atoms with Crippen molar-refractivity contribution in [3.63, 3.8) is 0 Å². The van der Waals surface area contributed by atoms with Crippen molar-refractivity contribution in [3.05, 3.63) is 6.26 Å². The van der Waals surface area contributed by atoms with Crippen molar-refractivity contribution in [2.24, 2.45) is 0 Å². The third kappa shape index (κ3) is 0.987. The fourth-order valence-electron chi connectivity index (χ4n) is 0.417. The molecule has 1 amide bonds. The molecule has 0 aliphatic carbocycles. The molecule has 48 valence electrons. The Morgan fingerprint density at radius 3 is 3.11 bits per heavy atom. The quantitative estimate of drug-likeness (QED) is 0.540. The van der Waals surface area contributed by atoms with Crippen LogP contribution in [0.1, 0.15) is 0 Å². The zero-order valence-electron chi connectivity index (χ0n) is 4.50. The number of amides is 1. The van der Waals surface area contributed by atoms with Gasteiger partial charge < -0.3 is 15.6 Å². The molecule has 1 heterocycles. The molecule has 0 unspecified atom stereocenters. The molecule has 0 aliphatic heterocycles. The summed E-state index contributed by atoms with van der Waals surface area (Å²) in [7, 11) is 0. The van der Waals surface area contributed by atoms with Crippen molar-refractivity contribution in [1.29, 1.82) is 0 Å². The van der Waals surface area contributed by atoms with Gasteiger partial charge >= 0.3 is 0 Å². The molecule has 0 radical (unpaired) electrons. The molecule has 1 aromatic rings. The van der Waals surface area contributed by atoms with Gasteiger partial charge in [-0.1, -0.05) is 5.16 Å². The fraction of sp³-hybridized carbons (Fsp3) is 0. The van der Waals surface area contributed by atoms with Gasteiger partial charge in [0.15, 0.2) is 5.82 Å². The number of rotatable bonds is 2. The zero-order chi connectivity index (χ0) is 6.69. The third-order valence-corrected chi connectivity index (χ3v) is 0.812. The lowest BCUT2D eigenvalue weighted by Gasteiger charge is -1.87. The summed E-state index contributed by atoms with van der Waals surface area (Å²) in [6.45, 7) is 0. The van der Waals surface area contributed by atoms with Gasteiger partial charge in [-0.25, -0.2) is 0 Å². The molecule has 0 spiro atoms. The average Bonchev–Trinajstić information content (AvgIpc) is 2.18. The summed E-state index contributed by atoms with van der Waals surface area (Å²) in [5.74, 6) is 0.183. The second-order valence-corrected chi connectivity index (χ2v) is 1.38. The van der Waals surface area contributed by atoms with E-state index in [9.17, 15) is 4.79 Å². The molecule has 0 saturated carbocycles. The van der Waals surface area contributed by atoms with Gasteiger partial charge in [-0.05, 0) is 0 Å². The Hall–Kier alpha value is -1.52. The van der Waals surface area contributed by atoms with E-state index in [4.69, 9.17) is 5.73 Å². The molecule has 0 saturated heterocycles. The highest BCUT2D eigenvalue weighted by atomic mass is 16.5. The number of aromatic nitrogens is 1. The summed E-state index contributed by atoms with van der Waals surface area (Å²) >= 11 is 0. The maximum Gasteiger partial charge on any atom is 0.211 e. The van der Waals surface area contributed by atoms with Crippen LogP contribution in [0.4, 0.5) is 11.5 Å². The van der Waals surface area contributed by atoms with E-state index in [0.29, 0.717) is 12.1 Å². The van der Waals surface area contributed by atoms with Gasteiger partial charge in [0.2, 0.25) is 6.41 Å². The Morgan fingerprint density at radius 2 is 2.67 bits per heavy atom. The first-order valence-electron chi connectivity index (χ1n) is 2.24. The molecular weight excluding hydrogens is 122 g/mol. The number of hydrogen-bond donors (Lipinski definition) is 2. The summed E-state index contributed by atoms with van der Waals surface area (Å²) in [5, 5.41) is 5.61. The van der Waals surface area contributed by atoms with Crippen LogP contribution in [0.25, 0.3) is 0 Å². The Morgan fingerprint density at radius 1 is 1.89 bits per heavy atom. The predicted molar refractivity (Wildman–Crippen MR) is 30.6 cm³/mol. The summed E-state index contributed by atoms with van der Waals surface area (Å²) in [6.07, 6.45) is 1.76. The van der Waals surface area contributed by atoms with Crippen LogP contribution in [0.2, 0.25) is 0 Å². The number of nitrogens with two attached hydrogens (primary N) is 1. The number of nitrogens with zero attached hydrogens (tertiary/aromatic N) is 1. The molecule has 0 atom stereocenters. The van der Waals surface area contributed by atoms with E-state index in [1.807, 2.05) is 0 Å². The molecular formula is C4H5N3O2. The lowest BCUT2D eigenvalue weighted by Crippen LogP contribution is -1.95. The Labute approximate surface area is 50.8 Å². The molecule has 9 heavy (non-hydrogen) atoms. The van der Waals surface area contributed by atoms with E-state index in [0.717, 1.165) is 0 Å². The van der Waals surface area contributed by atoms with E-state index < -0.39 is 0 Å². The third-order valence-electron chi connectivity index (χ3n) is 0.812. The molecule has 0 bridgehead atoms. The Kier molecular flexibility index (Phi) is 1.35. The number of anilines is 2. The normalized spacial score (nSPS) is 8.89. The molecule has 5 nitrogen and oxygen atoms in total. The summed E-state index contributed by atoms with van der Waals surface area (Å²) in [6, 6.07) is 0. The van der Waals surface area contributed by atoms with Gasteiger partial charge in [0.1, 0.15) is 12.0 Å². The maximum atomic E-state index is 9.79. The highest BCUT2D eigenvalue weighted by Crippen LogP contribution is 2.12. The minimum absolute atomic E-state index is 0.183. The van der Waals surface area contributed by atoms with Crippen LogP contribution in [-0.4, -0.2) is 11.6 Å². The van der Waals surface area contributed by atoms with E-state index >= 15 is 0 Å². The summed E-state index contributed by atoms with van der Waals surface area (Å²) in [4.78, 5) is 9.79. The lowest BCUT2D eigenvalue weighted by atomic mass is 10.5. The van der Waals surface area contributed by atoms with E-state index in [1.54, 1.807) is 0 Å². The summed E-state index contributed by atoms with van der Waals surface area (Å²) in [5.41, 5.74) is 5.59. The van der Waals surface area contributed by atoms with Gasteiger partial charge in [-0.15, -0.1) is 0 Å². The van der Waals surface area contributed by atoms with Crippen LogP contribution in [-0.2, 0) is 4.79 Å². The first-order chi connectivity index (χ1) is 4.34. The highest BCUT2D eigenvalue weighted by molar-refractivity contribution is 5.76. The minimum atomic E-state index is 0.183. The standard InChI is InChI=1S/C4H5N3O2/c5-4-3(6-2-8)1-9-7-4/h1-2H,(H2,5,7)(H,6,8). The van der Waals surface area contributed by atoms with Crippen LogP contribution >= 0.6 is 0 Å². The SMILES string of the molecule is Nc1nocc1NC=O. The van der Waals surface area contributed by atoms with Crippen molar-refractivity contribution in [2.75, 3.05) is 11.1 Å². The van der Waals surface area contributed by atoms with E-state index in [-0.39, 0.29) is 5.82 Å². The van der Waals surface area contributed by atoms with E-state index in [2.05, 4.69) is 15.0 Å². The molecule has 0 fully saturated rings. The largest absolute Gasteiger partial charge is 0.379 e. The average molecular weight is 127 g/mol. The van der Waals surface area contributed by atoms with E-state index in [1.165, 1.54) is 6.26 Å². The van der Waals surface area contributed by atoms with Crippen LogP contribution < -0.4 is 11.1 Å². The number of nitrogen functional groups attached to an aromatic ring is 1. The highest BCUT2D eigenvalue weighted by Gasteiger charge is 1.99. The van der Waals surface area contributed by atoms with Crippen LogP contribution in [0, 0.1) is 0 Å². The van der Waals surface area contributed by atoms with Crippen molar-refractivity contribution in [1.82, 2.24) is 5.16 Å². The molecule has 1 rings (SSSR count). The fourth-order valence-corrected chi connectivity index (χ4v) is 0.417. The number of carbonyl (C=O) groups excluding carboxylic acids is 1. The zero-order valence-corrected chi connectivity index (χ0v) is 4.50. The molecule has 3 N–H and O–H groups in total. The second kappa shape index (κ2) is 2.17. The lowest BCUT2D eigenvalue weighted by molar-refractivity contribution is -0.105. The topological polar surface area (TPSA) is 81.2 Å². The second-order valence-electron chi connectivity index (χ2n) is 1.38. The van der Waals surface area contributed by atoms with Crippen molar-refractivity contribution < 1.29 is 9.32 Å². The first kappa shape index (κ1) is 5.61. The van der Waals surface area contributed by atoms with Crippen LogP contribution in [0.15, 0.2) is 10.8 Å². The Balaban J connectivity index is 2.80. The minimum Gasteiger partial charge on any atom is -0.379 e. The predicted octanol–water partition coefficient (Wildman–Crippen LogP) is -0.175. The van der Waals surface area contributed by atoms with Gasteiger partial charge in [-0.3, -0.25) is 4.79 Å². The number of hydrogen-bond acceptors (Lipinski definition) is 4. The Bertz CT molecular complexity index is 207. The first-order valence-corrected chi connectivity index (χ1v) is 2.24. The van der Waals surface area contributed by atoms with Crippen molar-refractivity contribution in [3.8, 4) is 0 Å². The molecule has 0 aliphatic rings. The van der Waals surface area contributed by atoms with Crippen molar-refractivity contribution in [2.45, 2.75) is 0 Å². The van der Waals surface area contributed by atoms with Crippen molar-refractivity contribution >= 4 is 17.9 Å². The smallest absolute Gasteiger partial charge is 0.211 e. The van der Waals surface area contributed by atoms with Gasteiger partial charge in [-0.2, -0.15) is 0 Å². The maximum absolute atomic E-state index is 9.79. The number of nitrogens with one attached hydrogen (secondary N) is 1. The monoisotopic (exact) mass is 127 g/mol. The molecule has 1 aromatic heterocycles. The molecule has 5 heteroatoms. The van der Waals surface area contributed by atoms with Gasteiger partial charge in [0.25, 0.3) is 0 Å². The summed E-state index contributed by atoms with van der Waals surface area (Å²) < 4.78 is 4.40. The number of carbonyl (C=O) groups is 1. The van der Waals surface area contributed by atoms with Crippen LogP contribution in [0.3, 0.4) is 0 Å². The molecule has 0 aromatic carbocycles.